The Morgan fingerprint density at radius 1 is 0.913 bits per heavy atom. The molecule has 0 spiro atoms. The van der Waals surface area contributed by atoms with E-state index in [2.05, 4.69) is 27.7 Å². The molecule has 0 saturated heterocycles. The molecule has 0 heterocycles. The fourth-order valence-corrected chi connectivity index (χ4v) is 2.39. The van der Waals surface area contributed by atoms with Crippen molar-refractivity contribution in [3.8, 4) is 11.5 Å². The Morgan fingerprint density at radius 2 is 1.52 bits per heavy atom. The molecule has 0 aliphatic rings. The Morgan fingerprint density at radius 3 is 2.00 bits per heavy atom. The van der Waals surface area contributed by atoms with Gasteiger partial charge in [0.25, 0.3) is 0 Å². The third-order valence-corrected chi connectivity index (χ3v) is 4.22. The van der Waals surface area contributed by atoms with E-state index in [9.17, 15) is 5.11 Å². The zero-order chi connectivity index (χ0) is 17.7. The number of benzene rings is 1. The van der Waals surface area contributed by atoms with E-state index in [0.717, 1.165) is 29.9 Å². The highest BCUT2D eigenvalue weighted by atomic mass is 16.5. The van der Waals surface area contributed by atoms with Crippen LogP contribution in [0.5, 0.6) is 11.5 Å². The molecule has 1 atom stereocenters. The summed E-state index contributed by atoms with van der Waals surface area (Å²) in [5, 5.41) is 9.61. The fourth-order valence-electron chi connectivity index (χ4n) is 2.39. The molecule has 1 rings (SSSR count). The molecule has 2 nitrogen and oxygen atoms in total. The van der Waals surface area contributed by atoms with Crippen molar-refractivity contribution in [2.75, 3.05) is 6.61 Å². The summed E-state index contributed by atoms with van der Waals surface area (Å²) in [6.07, 6.45) is 9.00. The molecule has 2 heteroatoms. The van der Waals surface area contributed by atoms with E-state index in [0.29, 0.717) is 11.7 Å². The van der Waals surface area contributed by atoms with Gasteiger partial charge in [0, 0.05) is 0 Å². The minimum atomic E-state index is 0.345. The molecule has 1 aromatic rings. The summed E-state index contributed by atoms with van der Waals surface area (Å²) in [4.78, 5) is 0. The molecule has 0 aliphatic heterocycles. The largest absolute Gasteiger partial charge is 0.508 e. The van der Waals surface area contributed by atoms with Gasteiger partial charge in [-0.25, -0.2) is 0 Å². The zero-order valence-electron chi connectivity index (χ0n) is 16.2. The maximum atomic E-state index is 9.61. The van der Waals surface area contributed by atoms with E-state index in [4.69, 9.17) is 4.74 Å². The summed E-state index contributed by atoms with van der Waals surface area (Å²) in [6, 6.07) is 3.70. The molecule has 0 bridgehead atoms. The summed E-state index contributed by atoms with van der Waals surface area (Å²) >= 11 is 0. The summed E-state index contributed by atoms with van der Waals surface area (Å²) in [5.74, 6) is 1.89. The number of hydrogen-bond acceptors (Lipinski definition) is 2. The van der Waals surface area contributed by atoms with Crippen LogP contribution in [0.15, 0.2) is 12.1 Å². The SMILES string of the molecule is CCCCC.CCCCC(CC)COc1cc(C)c(O)cc1C. The third kappa shape index (κ3) is 9.53. The first-order valence-electron chi connectivity index (χ1n) is 9.42. The van der Waals surface area contributed by atoms with E-state index in [1.165, 1.54) is 38.5 Å². The molecule has 0 fully saturated rings. The molecule has 1 unspecified atom stereocenters. The first-order valence-corrected chi connectivity index (χ1v) is 9.42. The van der Waals surface area contributed by atoms with Crippen molar-refractivity contribution >= 4 is 0 Å². The number of aromatic hydroxyl groups is 1. The minimum Gasteiger partial charge on any atom is -0.508 e. The smallest absolute Gasteiger partial charge is 0.122 e. The number of phenolic OH excluding ortho intramolecular Hbond substituents is 1. The highest BCUT2D eigenvalue weighted by Gasteiger charge is 2.09. The number of unbranched alkanes of at least 4 members (excludes halogenated alkanes) is 3. The Labute approximate surface area is 144 Å². The summed E-state index contributed by atoms with van der Waals surface area (Å²) in [7, 11) is 0. The van der Waals surface area contributed by atoms with Crippen molar-refractivity contribution in [3.63, 3.8) is 0 Å². The van der Waals surface area contributed by atoms with Gasteiger partial charge in [0.15, 0.2) is 0 Å². The molecule has 1 N–H and O–H groups in total. The molecular formula is C21H38O2. The Kier molecular flexibility index (Phi) is 12.6. The van der Waals surface area contributed by atoms with Crippen LogP contribution in [-0.2, 0) is 0 Å². The molecule has 23 heavy (non-hydrogen) atoms. The predicted molar refractivity (Wildman–Crippen MR) is 102 cm³/mol. The van der Waals surface area contributed by atoms with Gasteiger partial charge in [0.1, 0.15) is 11.5 Å². The first kappa shape index (κ1) is 21.8. The highest BCUT2D eigenvalue weighted by molar-refractivity contribution is 5.44. The lowest BCUT2D eigenvalue weighted by atomic mass is 10.0. The minimum absolute atomic E-state index is 0.345. The van der Waals surface area contributed by atoms with Crippen molar-refractivity contribution in [3.05, 3.63) is 23.3 Å². The normalized spacial score (nSPS) is 11.6. The van der Waals surface area contributed by atoms with Crippen LogP contribution in [0.2, 0.25) is 0 Å². The van der Waals surface area contributed by atoms with Crippen molar-refractivity contribution < 1.29 is 9.84 Å². The van der Waals surface area contributed by atoms with Crippen LogP contribution >= 0.6 is 0 Å². The van der Waals surface area contributed by atoms with E-state index in [1.54, 1.807) is 6.07 Å². The Bertz CT molecular complexity index is 411. The van der Waals surface area contributed by atoms with Crippen LogP contribution in [0, 0.1) is 19.8 Å². The van der Waals surface area contributed by atoms with E-state index >= 15 is 0 Å². The second kappa shape index (κ2) is 13.3. The maximum Gasteiger partial charge on any atom is 0.122 e. The number of ether oxygens (including phenoxy) is 1. The van der Waals surface area contributed by atoms with Gasteiger partial charge in [-0.1, -0.05) is 66.2 Å². The summed E-state index contributed by atoms with van der Waals surface area (Å²) in [5.41, 5.74) is 1.88. The quantitative estimate of drug-likeness (QED) is 0.541. The van der Waals surface area contributed by atoms with Gasteiger partial charge in [0.2, 0.25) is 0 Å². The standard InChI is InChI=1S/C16H26O2.C5H12/c1-5-7-8-14(6-2)11-18-16-10-12(3)15(17)9-13(16)4;1-3-5-4-2/h9-10,14,17H,5-8,11H2,1-4H3;3-5H2,1-2H3. The molecule has 0 aromatic heterocycles. The lowest BCUT2D eigenvalue weighted by molar-refractivity contribution is 0.232. The van der Waals surface area contributed by atoms with Crippen LogP contribution in [0.25, 0.3) is 0 Å². The number of hydrogen-bond donors (Lipinski definition) is 1. The van der Waals surface area contributed by atoms with E-state index < -0.39 is 0 Å². The van der Waals surface area contributed by atoms with Crippen molar-refractivity contribution in [1.29, 1.82) is 0 Å². The van der Waals surface area contributed by atoms with Crippen LogP contribution in [0.4, 0.5) is 0 Å². The zero-order valence-corrected chi connectivity index (χ0v) is 16.2. The monoisotopic (exact) mass is 322 g/mol. The van der Waals surface area contributed by atoms with Crippen LogP contribution in [0.1, 0.15) is 83.8 Å². The topological polar surface area (TPSA) is 29.5 Å². The molecule has 0 radical (unpaired) electrons. The third-order valence-electron chi connectivity index (χ3n) is 4.22. The fraction of sp³-hybridized carbons (Fsp3) is 0.714. The van der Waals surface area contributed by atoms with Crippen LogP contribution < -0.4 is 4.74 Å². The van der Waals surface area contributed by atoms with E-state index in [1.807, 2.05) is 19.9 Å². The lowest BCUT2D eigenvalue weighted by Crippen LogP contribution is -2.11. The lowest BCUT2D eigenvalue weighted by Gasteiger charge is -2.17. The van der Waals surface area contributed by atoms with Crippen molar-refractivity contribution in [2.24, 2.45) is 5.92 Å². The molecule has 0 amide bonds. The van der Waals surface area contributed by atoms with Crippen molar-refractivity contribution in [1.82, 2.24) is 0 Å². The highest BCUT2D eigenvalue weighted by Crippen LogP contribution is 2.27. The average Bonchev–Trinajstić information content (AvgIpc) is 2.53. The van der Waals surface area contributed by atoms with Gasteiger partial charge < -0.3 is 9.84 Å². The Balaban J connectivity index is 0.000000841. The van der Waals surface area contributed by atoms with Gasteiger partial charge >= 0.3 is 0 Å². The molecule has 0 aliphatic carbocycles. The molecule has 134 valence electrons. The first-order chi connectivity index (χ1) is 11.0. The van der Waals surface area contributed by atoms with E-state index in [-0.39, 0.29) is 0 Å². The predicted octanol–water partition coefficient (Wildman–Crippen LogP) is 6.80. The maximum absolute atomic E-state index is 9.61. The van der Waals surface area contributed by atoms with Gasteiger partial charge in [-0.05, 0) is 49.4 Å². The molecule has 0 saturated carbocycles. The summed E-state index contributed by atoms with van der Waals surface area (Å²) < 4.78 is 5.91. The average molecular weight is 323 g/mol. The van der Waals surface area contributed by atoms with Gasteiger partial charge in [-0.3, -0.25) is 0 Å². The van der Waals surface area contributed by atoms with Crippen LogP contribution in [0.3, 0.4) is 0 Å². The van der Waals surface area contributed by atoms with Gasteiger partial charge in [-0.2, -0.15) is 0 Å². The number of rotatable bonds is 9. The number of aryl methyl sites for hydroxylation is 2. The number of phenols is 1. The molecule has 1 aromatic carbocycles. The van der Waals surface area contributed by atoms with Gasteiger partial charge in [0.05, 0.1) is 6.61 Å². The summed E-state index contributed by atoms with van der Waals surface area (Å²) in [6.45, 7) is 13.5. The van der Waals surface area contributed by atoms with Gasteiger partial charge in [-0.15, -0.1) is 0 Å². The Hall–Kier alpha value is -1.18. The second-order valence-corrected chi connectivity index (χ2v) is 6.49. The van der Waals surface area contributed by atoms with Crippen molar-refractivity contribution in [2.45, 2.75) is 86.5 Å². The second-order valence-electron chi connectivity index (χ2n) is 6.49. The van der Waals surface area contributed by atoms with Crippen LogP contribution in [-0.4, -0.2) is 11.7 Å². The molecular weight excluding hydrogens is 284 g/mol.